The molecule has 4 fully saturated rings. The van der Waals surface area contributed by atoms with Gasteiger partial charge in [-0.15, -0.1) is 0 Å². The van der Waals surface area contributed by atoms with Crippen molar-refractivity contribution < 1.29 is 20.4 Å². The lowest BCUT2D eigenvalue weighted by molar-refractivity contribution is -0.178. The van der Waals surface area contributed by atoms with Crippen molar-refractivity contribution in [1.29, 1.82) is 0 Å². The molecule has 0 spiro atoms. The van der Waals surface area contributed by atoms with Crippen molar-refractivity contribution in [3.05, 3.63) is 0 Å². The molecule has 4 saturated carbocycles. The molecular weight excluding hydrogens is 340 g/mol. The molecule has 0 aromatic heterocycles. The molecule has 4 aliphatic carbocycles. The maximum atomic E-state index is 11.4. The van der Waals surface area contributed by atoms with Gasteiger partial charge in [-0.3, -0.25) is 0 Å². The number of aliphatic hydroxyl groups excluding tert-OH is 4. The minimum absolute atomic E-state index is 0.0213. The van der Waals surface area contributed by atoms with Crippen LogP contribution in [0.3, 0.4) is 0 Å². The van der Waals surface area contributed by atoms with E-state index in [1.165, 1.54) is 12.8 Å². The van der Waals surface area contributed by atoms with Gasteiger partial charge in [0.05, 0.1) is 24.9 Å². The SMILES string of the molecule is C[C@H](C(O)CO)[C@H]1CC[C@H]2[C@@H]3CC[C@@H]4C[C@H](O)CCC4(C)C3CC(O)C12C. The van der Waals surface area contributed by atoms with Gasteiger partial charge < -0.3 is 20.4 Å². The highest BCUT2D eigenvalue weighted by Crippen LogP contribution is 2.68. The van der Waals surface area contributed by atoms with Crippen LogP contribution in [0.2, 0.25) is 0 Å². The fourth-order valence-corrected chi connectivity index (χ4v) is 8.53. The van der Waals surface area contributed by atoms with E-state index >= 15 is 0 Å². The van der Waals surface area contributed by atoms with Crippen molar-refractivity contribution in [3.63, 3.8) is 0 Å². The standard InChI is InChI=1S/C23H40O4/c1-13(20(26)12-24)17-6-7-18-16-5-4-14-10-15(25)8-9-22(14,2)19(16)11-21(27)23(17,18)3/h13-21,24-27H,4-12H2,1-3H3/t13-,14+,15+,16-,17+,18-,19?,20?,21?,22?,23?/m0/s1. The molecule has 5 unspecified atom stereocenters. The predicted molar refractivity (Wildman–Crippen MR) is 105 cm³/mol. The summed E-state index contributed by atoms with van der Waals surface area (Å²) >= 11 is 0. The van der Waals surface area contributed by atoms with Crippen molar-refractivity contribution in [1.82, 2.24) is 0 Å². The highest BCUT2D eigenvalue weighted by molar-refractivity contribution is 5.12. The Morgan fingerprint density at radius 3 is 2.41 bits per heavy atom. The minimum atomic E-state index is -0.691. The number of fused-ring (bicyclic) bond motifs is 5. The summed E-state index contributed by atoms with van der Waals surface area (Å²) in [5, 5.41) is 41.3. The predicted octanol–water partition coefficient (Wildman–Crippen LogP) is 2.97. The van der Waals surface area contributed by atoms with E-state index in [4.69, 9.17) is 0 Å². The average molecular weight is 381 g/mol. The Morgan fingerprint density at radius 1 is 0.963 bits per heavy atom. The number of aliphatic hydroxyl groups is 4. The minimum Gasteiger partial charge on any atom is -0.394 e. The van der Waals surface area contributed by atoms with Gasteiger partial charge in [0, 0.05) is 0 Å². The van der Waals surface area contributed by atoms with Crippen LogP contribution in [-0.4, -0.2) is 45.3 Å². The molecule has 0 aliphatic heterocycles. The lowest BCUT2D eigenvalue weighted by atomic mass is 9.43. The van der Waals surface area contributed by atoms with Crippen LogP contribution in [0.15, 0.2) is 0 Å². The van der Waals surface area contributed by atoms with Gasteiger partial charge in [0.1, 0.15) is 0 Å². The molecule has 0 amide bonds. The topological polar surface area (TPSA) is 80.9 Å². The molecular formula is C23H40O4. The van der Waals surface area contributed by atoms with E-state index in [0.717, 1.165) is 38.5 Å². The van der Waals surface area contributed by atoms with Gasteiger partial charge in [-0.25, -0.2) is 0 Å². The van der Waals surface area contributed by atoms with Crippen molar-refractivity contribution in [2.75, 3.05) is 6.61 Å². The molecule has 11 atom stereocenters. The zero-order chi connectivity index (χ0) is 19.6. The van der Waals surface area contributed by atoms with Crippen LogP contribution in [0.4, 0.5) is 0 Å². The first-order valence-electron chi connectivity index (χ1n) is 11.4. The number of hydrogen-bond acceptors (Lipinski definition) is 4. The third-order valence-electron chi connectivity index (χ3n) is 10.2. The molecule has 27 heavy (non-hydrogen) atoms. The summed E-state index contributed by atoms with van der Waals surface area (Å²) in [5.74, 6) is 2.65. The smallest absolute Gasteiger partial charge is 0.0799 e. The van der Waals surface area contributed by atoms with E-state index in [1.807, 2.05) is 0 Å². The molecule has 0 heterocycles. The number of hydrogen-bond donors (Lipinski definition) is 4. The first-order chi connectivity index (χ1) is 12.7. The quantitative estimate of drug-likeness (QED) is 0.607. The van der Waals surface area contributed by atoms with Crippen molar-refractivity contribution in [2.24, 2.45) is 46.3 Å². The summed E-state index contributed by atoms with van der Waals surface area (Å²) in [4.78, 5) is 0. The molecule has 4 aliphatic rings. The Balaban J connectivity index is 1.61. The Hall–Kier alpha value is -0.160. The molecule has 4 N–H and O–H groups in total. The van der Waals surface area contributed by atoms with Crippen LogP contribution in [0.1, 0.15) is 72.1 Å². The zero-order valence-electron chi connectivity index (χ0n) is 17.3. The van der Waals surface area contributed by atoms with Crippen LogP contribution in [0.25, 0.3) is 0 Å². The Bertz CT molecular complexity index is 552. The Labute approximate surface area is 164 Å². The first kappa shape index (κ1) is 20.1. The summed E-state index contributed by atoms with van der Waals surface area (Å²) in [5.41, 5.74) is 0.118. The van der Waals surface area contributed by atoms with Crippen LogP contribution in [0, 0.1) is 46.3 Å². The van der Waals surface area contributed by atoms with Crippen LogP contribution < -0.4 is 0 Å². The second kappa shape index (κ2) is 6.97. The van der Waals surface area contributed by atoms with Crippen LogP contribution in [-0.2, 0) is 0 Å². The lowest BCUT2D eigenvalue weighted by Gasteiger charge is -2.62. The molecule has 4 heteroatoms. The summed E-state index contributed by atoms with van der Waals surface area (Å²) in [6.07, 6.45) is 7.33. The van der Waals surface area contributed by atoms with Crippen molar-refractivity contribution in [3.8, 4) is 0 Å². The molecule has 0 aromatic rings. The van der Waals surface area contributed by atoms with E-state index in [9.17, 15) is 20.4 Å². The van der Waals surface area contributed by atoms with E-state index in [-0.39, 0.29) is 41.5 Å². The Kier molecular flexibility index (Phi) is 5.19. The maximum absolute atomic E-state index is 11.4. The van der Waals surface area contributed by atoms with Gasteiger partial charge in [0.25, 0.3) is 0 Å². The van der Waals surface area contributed by atoms with E-state index < -0.39 is 6.10 Å². The molecule has 4 rings (SSSR count). The number of rotatable bonds is 3. The van der Waals surface area contributed by atoms with Gasteiger partial charge >= 0.3 is 0 Å². The summed E-state index contributed by atoms with van der Waals surface area (Å²) in [6.45, 7) is 6.58. The van der Waals surface area contributed by atoms with Crippen LogP contribution >= 0.6 is 0 Å². The van der Waals surface area contributed by atoms with Gasteiger partial charge in [-0.1, -0.05) is 20.8 Å². The molecule has 0 saturated heterocycles. The van der Waals surface area contributed by atoms with Gasteiger partial charge in [-0.2, -0.15) is 0 Å². The molecule has 156 valence electrons. The monoisotopic (exact) mass is 380 g/mol. The highest BCUT2D eigenvalue weighted by Gasteiger charge is 2.64. The molecule has 4 nitrogen and oxygen atoms in total. The van der Waals surface area contributed by atoms with Crippen molar-refractivity contribution >= 4 is 0 Å². The molecule has 0 bridgehead atoms. The third-order valence-corrected chi connectivity index (χ3v) is 10.2. The Morgan fingerprint density at radius 2 is 1.70 bits per heavy atom. The van der Waals surface area contributed by atoms with Gasteiger partial charge in [0.15, 0.2) is 0 Å². The summed E-state index contributed by atoms with van der Waals surface area (Å²) < 4.78 is 0. The molecule has 0 aromatic carbocycles. The van der Waals surface area contributed by atoms with E-state index in [1.54, 1.807) is 0 Å². The van der Waals surface area contributed by atoms with Gasteiger partial charge in [0.2, 0.25) is 0 Å². The van der Waals surface area contributed by atoms with E-state index in [0.29, 0.717) is 23.7 Å². The van der Waals surface area contributed by atoms with Crippen LogP contribution in [0.5, 0.6) is 0 Å². The fraction of sp³-hybridized carbons (Fsp3) is 1.00. The lowest BCUT2D eigenvalue weighted by Crippen LogP contribution is -2.59. The third kappa shape index (κ3) is 2.85. The average Bonchev–Trinajstić information content (AvgIpc) is 3.01. The normalized spacial score (nSPS) is 54.6. The summed E-state index contributed by atoms with van der Waals surface area (Å²) in [7, 11) is 0. The highest BCUT2D eigenvalue weighted by atomic mass is 16.3. The second-order valence-electron chi connectivity index (χ2n) is 11.0. The zero-order valence-corrected chi connectivity index (χ0v) is 17.3. The largest absolute Gasteiger partial charge is 0.394 e. The molecule has 0 radical (unpaired) electrons. The van der Waals surface area contributed by atoms with Gasteiger partial charge in [-0.05, 0) is 97.7 Å². The first-order valence-corrected chi connectivity index (χ1v) is 11.4. The fourth-order valence-electron chi connectivity index (χ4n) is 8.53. The van der Waals surface area contributed by atoms with Crippen molar-refractivity contribution in [2.45, 2.75) is 90.4 Å². The summed E-state index contributed by atoms with van der Waals surface area (Å²) in [6, 6.07) is 0. The maximum Gasteiger partial charge on any atom is 0.0799 e. The van der Waals surface area contributed by atoms with E-state index in [2.05, 4.69) is 20.8 Å². The second-order valence-corrected chi connectivity index (χ2v) is 11.0.